The highest BCUT2D eigenvalue weighted by Crippen LogP contribution is 2.48. The van der Waals surface area contributed by atoms with Crippen molar-refractivity contribution < 1.29 is 4.58 Å². The fourth-order valence-corrected chi connectivity index (χ4v) is 6.56. The van der Waals surface area contributed by atoms with Crippen LogP contribution in [-0.2, 0) is 10.8 Å². The van der Waals surface area contributed by atoms with Gasteiger partial charge in [-0.3, -0.25) is 0 Å². The molecule has 0 saturated carbocycles. The van der Waals surface area contributed by atoms with Gasteiger partial charge in [0, 0.05) is 41.6 Å². The Morgan fingerprint density at radius 2 is 1.44 bits per heavy atom. The molecule has 0 bridgehead atoms. The molecule has 176 valence electrons. The largest absolute Gasteiger partial charge is 0.347 e. The van der Waals surface area contributed by atoms with Crippen LogP contribution >= 0.6 is 0 Å². The van der Waals surface area contributed by atoms with Crippen LogP contribution in [0.3, 0.4) is 0 Å². The van der Waals surface area contributed by atoms with Gasteiger partial charge in [0.2, 0.25) is 5.69 Å². The number of nitrogens with zero attached hydrogens (tertiary/aromatic N) is 2. The van der Waals surface area contributed by atoms with Gasteiger partial charge >= 0.3 is 0 Å². The van der Waals surface area contributed by atoms with E-state index in [1.54, 1.807) is 0 Å². The van der Waals surface area contributed by atoms with E-state index in [1.165, 1.54) is 45.1 Å². The normalized spacial score (nSPS) is 24.5. The lowest BCUT2D eigenvalue weighted by atomic mass is 9.73. The molecule has 2 aromatic rings. The quantitative estimate of drug-likeness (QED) is 0.424. The van der Waals surface area contributed by atoms with Crippen molar-refractivity contribution in [3.63, 3.8) is 0 Å². The first-order valence-corrected chi connectivity index (χ1v) is 12.6. The van der Waals surface area contributed by atoms with Gasteiger partial charge in [-0.05, 0) is 61.0 Å². The zero-order valence-electron chi connectivity index (χ0n) is 22.2. The van der Waals surface area contributed by atoms with E-state index in [4.69, 9.17) is 0 Å². The highest BCUT2D eigenvalue weighted by atomic mass is 15.2. The number of rotatable bonds is 2. The van der Waals surface area contributed by atoms with E-state index in [-0.39, 0.29) is 16.2 Å². The Kier molecular flexibility index (Phi) is 5.10. The zero-order valence-corrected chi connectivity index (χ0v) is 22.2. The van der Waals surface area contributed by atoms with E-state index in [9.17, 15) is 0 Å². The van der Waals surface area contributed by atoms with Crippen LogP contribution in [0, 0.1) is 5.41 Å². The minimum atomic E-state index is 0.00169. The maximum atomic E-state index is 2.47. The number of anilines is 1. The fraction of sp³-hybridized carbons (Fsp3) is 0.406. The van der Waals surface area contributed by atoms with Crippen molar-refractivity contribution in [3.05, 3.63) is 94.7 Å². The summed E-state index contributed by atoms with van der Waals surface area (Å²) in [5.74, 6) is 0. The highest BCUT2D eigenvalue weighted by Gasteiger charge is 2.43. The monoisotopic (exact) mass is 451 g/mol. The molecular weight excluding hydrogens is 412 g/mol. The number of fused-ring (bicyclic) bond motifs is 2. The lowest BCUT2D eigenvalue weighted by molar-refractivity contribution is -0.401. The zero-order chi connectivity index (χ0) is 24.5. The summed E-state index contributed by atoms with van der Waals surface area (Å²) >= 11 is 0. The molecule has 2 heteroatoms. The van der Waals surface area contributed by atoms with Gasteiger partial charge in [0.15, 0.2) is 5.71 Å². The minimum absolute atomic E-state index is 0.00169. The van der Waals surface area contributed by atoms with Gasteiger partial charge in [-0.1, -0.05) is 70.2 Å². The molecule has 2 aliphatic heterocycles. The van der Waals surface area contributed by atoms with E-state index in [0.29, 0.717) is 0 Å². The molecule has 5 rings (SSSR count). The molecule has 0 amide bonds. The van der Waals surface area contributed by atoms with Gasteiger partial charge in [-0.15, -0.1) is 0 Å². The van der Waals surface area contributed by atoms with Crippen molar-refractivity contribution in [2.45, 2.75) is 65.2 Å². The summed E-state index contributed by atoms with van der Waals surface area (Å²) in [6, 6.07) is 17.7. The first-order valence-electron chi connectivity index (χ1n) is 12.6. The van der Waals surface area contributed by atoms with Crippen LogP contribution in [0.5, 0.6) is 0 Å². The van der Waals surface area contributed by atoms with E-state index in [0.717, 1.165) is 12.8 Å². The average Bonchev–Trinajstić information content (AvgIpc) is 3.08. The average molecular weight is 452 g/mol. The summed E-state index contributed by atoms with van der Waals surface area (Å²) in [6.45, 7) is 14.2. The highest BCUT2D eigenvalue weighted by molar-refractivity contribution is 6.03. The van der Waals surface area contributed by atoms with E-state index in [1.807, 2.05) is 0 Å². The second kappa shape index (κ2) is 7.57. The summed E-state index contributed by atoms with van der Waals surface area (Å²) in [5.41, 5.74) is 11.4. The molecule has 3 aliphatic rings. The molecule has 0 spiro atoms. The van der Waals surface area contributed by atoms with Crippen molar-refractivity contribution >= 4 is 17.1 Å². The predicted octanol–water partition coefficient (Wildman–Crippen LogP) is 7.68. The molecule has 0 N–H and O–H groups in total. The predicted molar refractivity (Wildman–Crippen MR) is 145 cm³/mol. The Morgan fingerprint density at radius 1 is 0.794 bits per heavy atom. The van der Waals surface area contributed by atoms with Crippen molar-refractivity contribution in [1.82, 2.24) is 0 Å². The Morgan fingerprint density at radius 3 is 2.12 bits per heavy atom. The summed E-state index contributed by atoms with van der Waals surface area (Å²) in [7, 11) is 4.43. The van der Waals surface area contributed by atoms with Crippen LogP contribution in [-0.4, -0.2) is 24.4 Å². The molecule has 0 saturated heterocycles. The summed E-state index contributed by atoms with van der Waals surface area (Å²) in [4.78, 5) is 2.39. The third kappa shape index (κ3) is 3.50. The smallest absolute Gasteiger partial charge is 0.209 e. The Hall–Kier alpha value is -2.87. The van der Waals surface area contributed by atoms with Crippen LogP contribution in [0.25, 0.3) is 0 Å². The third-order valence-electron chi connectivity index (χ3n) is 8.26. The fourth-order valence-electron chi connectivity index (χ4n) is 6.56. The Labute approximate surface area is 206 Å². The number of likely N-dealkylation sites (N-methyl/N-ethyl adjacent to an activating group) is 1. The molecule has 2 aromatic carbocycles. The molecule has 0 fully saturated rings. The molecule has 0 aromatic heterocycles. The molecule has 2 nitrogen and oxygen atoms in total. The minimum Gasteiger partial charge on any atom is -0.347 e. The van der Waals surface area contributed by atoms with Gasteiger partial charge in [-0.25, -0.2) is 0 Å². The first kappa shape index (κ1) is 22.9. The van der Waals surface area contributed by atoms with Crippen LogP contribution in [0.4, 0.5) is 11.4 Å². The maximum absolute atomic E-state index is 2.47. The summed E-state index contributed by atoms with van der Waals surface area (Å²) in [5, 5.41) is 0. The van der Waals surface area contributed by atoms with Gasteiger partial charge in [0.1, 0.15) is 7.05 Å². The van der Waals surface area contributed by atoms with E-state index >= 15 is 0 Å². The Bertz CT molecular complexity index is 1290. The maximum Gasteiger partial charge on any atom is 0.209 e. The van der Waals surface area contributed by atoms with Crippen LogP contribution < -0.4 is 4.90 Å². The van der Waals surface area contributed by atoms with E-state index < -0.39 is 0 Å². The van der Waals surface area contributed by atoms with Crippen molar-refractivity contribution in [3.8, 4) is 0 Å². The van der Waals surface area contributed by atoms with Crippen molar-refractivity contribution in [2.75, 3.05) is 19.0 Å². The molecule has 0 radical (unpaired) electrons. The second-order valence-electron chi connectivity index (χ2n) is 12.3. The van der Waals surface area contributed by atoms with Crippen LogP contribution in [0.15, 0.2) is 83.6 Å². The second-order valence-corrected chi connectivity index (χ2v) is 12.3. The number of para-hydroxylation sites is 2. The number of hydrogen-bond donors (Lipinski definition) is 0. The molecule has 1 aliphatic carbocycles. The Balaban J connectivity index is 1.58. The van der Waals surface area contributed by atoms with Crippen LogP contribution in [0.2, 0.25) is 0 Å². The molecule has 0 atom stereocenters. The third-order valence-corrected chi connectivity index (χ3v) is 8.26. The molecule has 34 heavy (non-hydrogen) atoms. The van der Waals surface area contributed by atoms with Crippen LogP contribution in [0.1, 0.15) is 65.5 Å². The lowest BCUT2D eigenvalue weighted by Crippen LogP contribution is -2.28. The number of hydrogen-bond acceptors (Lipinski definition) is 1. The molecule has 2 heterocycles. The number of benzene rings is 2. The van der Waals surface area contributed by atoms with Gasteiger partial charge in [0.05, 0.1) is 5.41 Å². The van der Waals surface area contributed by atoms with Gasteiger partial charge < -0.3 is 4.90 Å². The molecular formula is C32H39N2+. The lowest BCUT2D eigenvalue weighted by Gasteiger charge is -2.32. The van der Waals surface area contributed by atoms with E-state index in [2.05, 4.69) is 132 Å². The first-order chi connectivity index (χ1) is 15.9. The summed E-state index contributed by atoms with van der Waals surface area (Å²) in [6.07, 6.45) is 9.60. The number of allylic oxidation sites excluding steroid dienone is 6. The standard InChI is InChI=1S/C32H39N2/c1-30(2)20-22(18-28-31(3,4)24-13-9-11-15-26(24)33(28)7)17-23(21-30)19-29-32(5,6)25-14-10-12-16-27(25)34(29)8/h9-19H,20-21H2,1-8H3/q+1. The molecule has 0 unspecified atom stereocenters. The van der Waals surface area contributed by atoms with Gasteiger partial charge in [0.25, 0.3) is 0 Å². The topological polar surface area (TPSA) is 6.25 Å². The van der Waals surface area contributed by atoms with Crippen molar-refractivity contribution in [2.24, 2.45) is 5.41 Å². The SMILES string of the molecule is CN1C(=CC2=CC(=CC3=[N+](C)c4ccccc4C3(C)C)CC(C)(C)C2)C(C)(C)c2ccccc21. The summed E-state index contributed by atoms with van der Waals surface area (Å²) < 4.78 is 2.39. The van der Waals surface area contributed by atoms with Crippen molar-refractivity contribution in [1.29, 1.82) is 0 Å². The van der Waals surface area contributed by atoms with Gasteiger partial charge in [-0.2, -0.15) is 4.58 Å².